The van der Waals surface area contributed by atoms with Crippen molar-refractivity contribution in [2.45, 2.75) is 46.2 Å². The number of unbranched alkanes of at least 4 members (excludes halogenated alkanes) is 1. The third-order valence-corrected chi connectivity index (χ3v) is 6.92. The zero-order valence-electron chi connectivity index (χ0n) is 20.9. The molecular formula is C25H34ClN3O5S. The van der Waals surface area contributed by atoms with E-state index < -0.39 is 28.5 Å². The molecule has 10 heteroatoms. The molecule has 1 atom stereocenters. The molecule has 0 unspecified atom stereocenters. The van der Waals surface area contributed by atoms with Crippen molar-refractivity contribution in [1.82, 2.24) is 10.2 Å². The van der Waals surface area contributed by atoms with Crippen LogP contribution >= 0.6 is 11.6 Å². The summed E-state index contributed by atoms with van der Waals surface area (Å²) in [6.45, 7) is 5.59. The summed E-state index contributed by atoms with van der Waals surface area (Å²) < 4.78 is 31.9. The van der Waals surface area contributed by atoms with Crippen molar-refractivity contribution < 1.29 is 22.7 Å². The van der Waals surface area contributed by atoms with Gasteiger partial charge in [-0.3, -0.25) is 13.9 Å². The Bertz CT molecular complexity index is 1120. The lowest BCUT2D eigenvalue weighted by molar-refractivity contribution is -0.139. The van der Waals surface area contributed by atoms with Crippen LogP contribution in [0.1, 0.15) is 37.8 Å². The summed E-state index contributed by atoms with van der Waals surface area (Å²) in [4.78, 5) is 27.8. The smallest absolute Gasteiger partial charge is 0.244 e. The van der Waals surface area contributed by atoms with Crippen molar-refractivity contribution in [2.75, 3.05) is 30.8 Å². The molecule has 0 aliphatic rings. The molecular weight excluding hydrogens is 490 g/mol. The Morgan fingerprint density at radius 1 is 1.14 bits per heavy atom. The minimum Gasteiger partial charge on any atom is -0.495 e. The molecule has 0 aliphatic carbocycles. The fourth-order valence-electron chi connectivity index (χ4n) is 3.49. The van der Waals surface area contributed by atoms with Gasteiger partial charge in [-0.2, -0.15) is 0 Å². The second-order valence-electron chi connectivity index (χ2n) is 8.41. The highest BCUT2D eigenvalue weighted by atomic mass is 35.5. The first-order chi connectivity index (χ1) is 16.5. The van der Waals surface area contributed by atoms with Crippen LogP contribution in [0.15, 0.2) is 42.5 Å². The quantitative estimate of drug-likeness (QED) is 0.427. The van der Waals surface area contributed by atoms with Crippen molar-refractivity contribution >= 4 is 39.1 Å². The van der Waals surface area contributed by atoms with E-state index >= 15 is 0 Å². The molecule has 0 fully saturated rings. The van der Waals surface area contributed by atoms with E-state index in [0.717, 1.165) is 34.5 Å². The van der Waals surface area contributed by atoms with Gasteiger partial charge in [0.1, 0.15) is 18.3 Å². The Morgan fingerprint density at radius 2 is 1.80 bits per heavy atom. The van der Waals surface area contributed by atoms with Crippen LogP contribution in [0, 0.1) is 6.92 Å². The van der Waals surface area contributed by atoms with Gasteiger partial charge in [-0.15, -0.1) is 0 Å². The highest BCUT2D eigenvalue weighted by Crippen LogP contribution is 2.31. The number of benzene rings is 2. The van der Waals surface area contributed by atoms with Crippen LogP contribution in [0.5, 0.6) is 5.75 Å². The van der Waals surface area contributed by atoms with Crippen LogP contribution in [0.2, 0.25) is 5.02 Å². The van der Waals surface area contributed by atoms with Crippen LogP contribution < -0.4 is 14.4 Å². The standard InChI is InChI=1S/C25H34ClN3O5S/c1-6-7-14-27-25(31)19(3)28(16-20-9-11-21(26)12-10-20)24(30)17-29(35(5,32)33)22-15-18(2)8-13-23(22)34-4/h8-13,15,19H,6-7,14,16-17H2,1-5H3,(H,27,31)/t19-/m1/s1. The Hall–Kier alpha value is -2.78. The van der Waals surface area contributed by atoms with Gasteiger partial charge in [0.15, 0.2) is 0 Å². The van der Waals surface area contributed by atoms with Crippen molar-refractivity contribution in [3.05, 3.63) is 58.6 Å². The third-order valence-electron chi connectivity index (χ3n) is 5.55. The summed E-state index contributed by atoms with van der Waals surface area (Å²) in [5.41, 5.74) is 1.83. The normalized spacial score (nSPS) is 12.1. The van der Waals surface area contributed by atoms with Gasteiger partial charge >= 0.3 is 0 Å². The van der Waals surface area contributed by atoms with Crippen LogP contribution in [0.25, 0.3) is 0 Å². The molecule has 2 aromatic rings. The number of aryl methyl sites for hydroxylation is 1. The van der Waals surface area contributed by atoms with Crippen molar-refractivity contribution in [3.63, 3.8) is 0 Å². The topological polar surface area (TPSA) is 96.0 Å². The van der Waals surface area contributed by atoms with Crippen molar-refractivity contribution in [3.8, 4) is 5.75 Å². The summed E-state index contributed by atoms with van der Waals surface area (Å²) in [6.07, 6.45) is 2.77. The van der Waals surface area contributed by atoms with Crippen LogP contribution in [-0.2, 0) is 26.2 Å². The summed E-state index contributed by atoms with van der Waals surface area (Å²) >= 11 is 5.99. The number of nitrogens with zero attached hydrogens (tertiary/aromatic N) is 2. The zero-order chi connectivity index (χ0) is 26.2. The van der Waals surface area contributed by atoms with Crippen molar-refractivity contribution in [1.29, 1.82) is 0 Å². The van der Waals surface area contributed by atoms with Crippen LogP contribution in [0.4, 0.5) is 5.69 Å². The first kappa shape index (κ1) is 28.5. The van der Waals surface area contributed by atoms with Crippen molar-refractivity contribution in [2.24, 2.45) is 0 Å². The number of halogens is 1. The molecule has 1 N–H and O–H groups in total. The van der Waals surface area contributed by atoms with Gasteiger partial charge in [0.2, 0.25) is 21.8 Å². The van der Waals surface area contributed by atoms with Crippen LogP contribution in [-0.4, -0.2) is 57.6 Å². The maximum absolute atomic E-state index is 13.6. The minimum atomic E-state index is -3.85. The number of amides is 2. The van der Waals surface area contributed by atoms with Gasteiger partial charge in [-0.05, 0) is 55.7 Å². The molecule has 0 spiro atoms. The van der Waals surface area contributed by atoms with Gasteiger partial charge in [-0.1, -0.05) is 43.1 Å². The Balaban J connectivity index is 2.41. The first-order valence-corrected chi connectivity index (χ1v) is 13.6. The number of hydrogen-bond acceptors (Lipinski definition) is 5. The summed E-state index contributed by atoms with van der Waals surface area (Å²) in [7, 11) is -2.41. The number of carbonyl (C=O) groups is 2. The molecule has 0 aliphatic heterocycles. The number of carbonyl (C=O) groups excluding carboxylic acids is 2. The molecule has 2 aromatic carbocycles. The molecule has 8 nitrogen and oxygen atoms in total. The molecule has 0 heterocycles. The van der Waals surface area contributed by atoms with Crippen LogP contribution in [0.3, 0.4) is 0 Å². The van der Waals surface area contributed by atoms with E-state index in [0.29, 0.717) is 17.3 Å². The largest absolute Gasteiger partial charge is 0.495 e. The monoisotopic (exact) mass is 523 g/mol. The molecule has 35 heavy (non-hydrogen) atoms. The average molecular weight is 524 g/mol. The molecule has 2 rings (SSSR count). The predicted molar refractivity (Wildman–Crippen MR) is 139 cm³/mol. The maximum Gasteiger partial charge on any atom is 0.244 e. The van der Waals surface area contributed by atoms with Gasteiger partial charge in [0.05, 0.1) is 19.1 Å². The SMILES string of the molecule is CCCCNC(=O)[C@@H](C)N(Cc1ccc(Cl)cc1)C(=O)CN(c1cc(C)ccc1OC)S(C)(=O)=O. The number of methoxy groups -OCH3 is 1. The van der Waals surface area contributed by atoms with E-state index in [1.165, 1.54) is 12.0 Å². The Morgan fingerprint density at radius 3 is 2.37 bits per heavy atom. The van der Waals surface area contributed by atoms with Gasteiger partial charge < -0.3 is 15.0 Å². The molecule has 0 radical (unpaired) electrons. The zero-order valence-corrected chi connectivity index (χ0v) is 22.4. The lowest BCUT2D eigenvalue weighted by Gasteiger charge is -2.32. The second kappa shape index (κ2) is 12.8. The number of rotatable bonds is 12. The Labute approximate surface area is 213 Å². The number of ether oxygens (including phenoxy) is 1. The lowest BCUT2D eigenvalue weighted by atomic mass is 10.1. The lowest BCUT2D eigenvalue weighted by Crippen LogP contribution is -2.51. The molecule has 2 amide bonds. The highest BCUT2D eigenvalue weighted by molar-refractivity contribution is 7.92. The predicted octanol–water partition coefficient (Wildman–Crippen LogP) is 3.76. The highest BCUT2D eigenvalue weighted by Gasteiger charge is 2.31. The van der Waals surface area contributed by atoms with E-state index in [2.05, 4.69) is 5.32 Å². The first-order valence-electron chi connectivity index (χ1n) is 11.4. The molecule has 0 bridgehead atoms. The van der Waals surface area contributed by atoms with E-state index in [1.54, 1.807) is 49.4 Å². The number of anilines is 1. The van der Waals surface area contributed by atoms with E-state index in [-0.39, 0.29) is 18.1 Å². The molecule has 0 aromatic heterocycles. The summed E-state index contributed by atoms with van der Waals surface area (Å²) in [5.74, 6) is -0.504. The van der Waals surface area contributed by atoms with Gasteiger partial charge in [-0.25, -0.2) is 8.42 Å². The van der Waals surface area contributed by atoms with Gasteiger partial charge in [0, 0.05) is 18.1 Å². The van der Waals surface area contributed by atoms with E-state index in [4.69, 9.17) is 16.3 Å². The van der Waals surface area contributed by atoms with E-state index in [1.807, 2.05) is 13.8 Å². The summed E-state index contributed by atoms with van der Waals surface area (Å²) in [6, 6.07) is 11.2. The number of sulfonamides is 1. The molecule has 0 saturated heterocycles. The maximum atomic E-state index is 13.6. The summed E-state index contributed by atoms with van der Waals surface area (Å²) in [5, 5.41) is 3.40. The fraction of sp³-hybridized carbons (Fsp3) is 0.440. The number of nitrogens with one attached hydrogen (secondary N) is 1. The minimum absolute atomic E-state index is 0.112. The molecule has 192 valence electrons. The second-order valence-corrected chi connectivity index (χ2v) is 10.8. The van der Waals surface area contributed by atoms with E-state index in [9.17, 15) is 18.0 Å². The average Bonchev–Trinajstić information content (AvgIpc) is 2.80. The third kappa shape index (κ3) is 8.14. The number of hydrogen-bond donors (Lipinski definition) is 1. The fourth-order valence-corrected chi connectivity index (χ4v) is 4.47. The molecule has 0 saturated carbocycles. The van der Waals surface area contributed by atoms with Gasteiger partial charge in [0.25, 0.3) is 0 Å². The Kier molecular flexibility index (Phi) is 10.4.